The van der Waals surface area contributed by atoms with Crippen LogP contribution in [0.15, 0.2) is 29.4 Å². The van der Waals surface area contributed by atoms with E-state index in [2.05, 4.69) is 10.5 Å². The van der Waals surface area contributed by atoms with E-state index in [0.29, 0.717) is 11.4 Å². The second-order valence-electron chi connectivity index (χ2n) is 3.71. The standard InChI is InChI=1S/C11H11ClN4O2/c1-8(18)11-13-15(7-17)6-16(14-11)10-4-2-9(12)3-5-10/h2-5,7H,6H2,1H3,(H,13,14). The number of nitrogens with one attached hydrogen (secondary N) is 1. The number of hydrogen-bond acceptors (Lipinski definition) is 5. The fraction of sp³-hybridized carbons (Fsp3) is 0.182. The Morgan fingerprint density at radius 3 is 2.67 bits per heavy atom. The van der Waals surface area contributed by atoms with Crippen molar-refractivity contribution in [1.82, 2.24) is 10.4 Å². The number of nitrogens with zero attached hydrogens (tertiary/aromatic N) is 3. The lowest BCUT2D eigenvalue weighted by Gasteiger charge is -2.31. The number of amidine groups is 1. The highest BCUT2D eigenvalue weighted by atomic mass is 35.5. The van der Waals surface area contributed by atoms with Crippen LogP contribution in [-0.4, -0.2) is 29.7 Å². The highest BCUT2D eigenvalue weighted by molar-refractivity contribution is 6.38. The minimum Gasteiger partial charge on any atom is -0.291 e. The summed E-state index contributed by atoms with van der Waals surface area (Å²) >= 11 is 5.80. The van der Waals surface area contributed by atoms with E-state index >= 15 is 0 Å². The van der Waals surface area contributed by atoms with Crippen molar-refractivity contribution in [3.05, 3.63) is 29.3 Å². The average molecular weight is 267 g/mol. The van der Waals surface area contributed by atoms with Gasteiger partial charge in [-0.25, -0.2) is 10.0 Å². The number of hydrazone groups is 1. The monoisotopic (exact) mass is 266 g/mol. The third-order valence-electron chi connectivity index (χ3n) is 2.34. The molecule has 6 nitrogen and oxygen atoms in total. The van der Waals surface area contributed by atoms with Gasteiger partial charge in [0.2, 0.25) is 12.2 Å². The summed E-state index contributed by atoms with van der Waals surface area (Å²) in [5, 5.41) is 7.51. The fourth-order valence-corrected chi connectivity index (χ4v) is 1.58. The summed E-state index contributed by atoms with van der Waals surface area (Å²) < 4.78 is 0. The largest absolute Gasteiger partial charge is 0.291 e. The van der Waals surface area contributed by atoms with Gasteiger partial charge >= 0.3 is 0 Å². The maximum absolute atomic E-state index is 11.3. The van der Waals surface area contributed by atoms with E-state index < -0.39 is 0 Å². The second-order valence-corrected chi connectivity index (χ2v) is 4.15. The number of hydrogen-bond donors (Lipinski definition) is 1. The molecule has 0 unspecified atom stereocenters. The number of rotatable bonds is 3. The van der Waals surface area contributed by atoms with Gasteiger partial charge in [0.1, 0.15) is 6.67 Å². The van der Waals surface area contributed by atoms with E-state index in [-0.39, 0.29) is 18.3 Å². The van der Waals surface area contributed by atoms with Crippen molar-refractivity contribution in [2.45, 2.75) is 6.92 Å². The van der Waals surface area contributed by atoms with Crippen molar-refractivity contribution < 1.29 is 9.59 Å². The van der Waals surface area contributed by atoms with Crippen LogP contribution in [0.4, 0.5) is 5.69 Å². The van der Waals surface area contributed by atoms with Crippen LogP contribution in [0.5, 0.6) is 0 Å². The summed E-state index contributed by atoms with van der Waals surface area (Å²) in [5.41, 5.74) is 3.35. The lowest BCUT2D eigenvalue weighted by Crippen LogP contribution is -2.53. The number of anilines is 1. The molecule has 1 aliphatic rings. The number of halogens is 1. The van der Waals surface area contributed by atoms with Gasteiger partial charge < -0.3 is 0 Å². The first-order valence-corrected chi connectivity index (χ1v) is 5.59. The Labute approximate surface area is 109 Å². The molecule has 0 bridgehead atoms. The molecule has 0 aromatic heterocycles. The SMILES string of the molecule is CC(=O)C1=NN(c2ccc(Cl)cc2)CN(C=O)N1. The Balaban J connectivity index is 2.31. The van der Waals surface area contributed by atoms with Crippen LogP contribution < -0.4 is 10.4 Å². The lowest BCUT2D eigenvalue weighted by molar-refractivity contribution is -0.120. The molecular formula is C11H11ClN4O2. The van der Waals surface area contributed by atoms with E-state index in [0.717, 1.165) is 5.69 Å². The molecule has 18 heavy (non-hydrogen) atoms. The van der Waals surface area contributed by atoms with Gasteiger partial charge in [-0.1, -0.05) is 11.6 Å². The number of carbonyl (C=O) groups excluding carboxylic acids is 2. The number of hydrazine groups is 1. The van der Waals surface area contributed by atoms with Crippen molar-refractivity contribution in [2.75, 3.05) is 11.7 Å². The second kappa shape index (κ2) is 5.05. The lowest BCUT2D eigenvalue weighted by atomic mass is 10.3. The zero-order chi connectivity index (χ0) is 13.1. The first-order valence-electron chi connectivity index (χ1n) is 5.21. The van der Waals surface area contributed by atoms with E-state index in [1.807, 2.05) is 0 Å². The maximum Gasteiger partial charge on any atom is 0.229 e. The quantitative estimate of drug-likeness (QED) is 0.829. The number of amides is 1. The molecule has 0 radical (unpaired) electrons. The Hall–Kier alpha value is -2.08. The molecule has 1 aromatic rings. The Bertz CT molecular complexity index is 500. The summed E-state index contributed by atoms with van der Waals surface area (Å²) in [6, 6.07) is 6.95. The summed E-state index contributed by atoms with van der Waals surface area (Å²) in [4.78, 5) is 22.1. The van der Waals surface area contributed by atoms with Gasteiger partial charge in [-0.05, 0) is 24.3 Å². The van der Waals surface area contributed by atoms with Crippen molar-refractivity contribution in [3.63, 3.8) is 0 Å². The number of benzene rings is 1. The highest BCUT2D eigenvalue weighted by Gasteiger charge is 2.20. The van der Waals surface area contributed by atoms with Crippen LogP contribution in [0.3, 0.4) is 0 Å². The summed E-state index contributed by atoms with van der Waals surface area (Å²) in [6.45, 7) is 1.59. The topological polar surface area (TPSA) is 65.0 Å². The molecule has 1 amide bonds. The van der Waals surface area contributed by atoms with Gasteiger partial charge in [0.05, 0.1) is 5.69 Å². The molecular weight excluding hydrogens is 256 g/mol. The number of Topliss-reactive ketones (excluding diaryl/α,β-unsaturated/α-hetero) is 1. The van der Waals surface area contributed by atoms with E-state index in [9.17, 15) is 9.59 Å². The molecule has 1 aromatic carbocycles. The minimum atomic E-state index is -0.250. The molecule has 1 N–H and O–H groups in total. The predicted molar refractivity (Wildman–Crippen MR) is 68.0 cm³/mol. The average Bonchev–Trinajstić information content (AvgIpc) is 2.39. The molecule has 7 heteroatoms. The first-order chi connectivity index (χ1) is 8.60. The van der Waals surface area contributed by atoms with Crippen LogP contribution in [0.2, 0.25) is 5.02 Å². The number of ketones is 1. The molecule has 0 aliphatic carbocycles. The van der Waals surface area contributed by atoms with Crippen molar-refractivity contribution in [3.8, 4) is 0 Å². The van der Waals surface area contributed by atoms with E-state index in [1.54, 1.807) is 24.3 Å². The Morgan fingerprint density at radius 2 is 2.11 bits per heavy atom. The van der Waals surface area contributed by atoms with Crippen LogP contribution in [0.25, 0.3) is 0 Å². The van der Waals surface area contributed by atoms with Crippen molar-refractivity contribution in [1.29, 1.82) is 0 Å². The summed E-state index contributed by atoms with van der Waals surface area (Å²) in [6.07, 6.45) is 0.598. The first kappa shape index (κ1) is 12.4. The van der Waals surface area contributed by atoms with E-state index in [1.165, 1.54) is 16.9 Å². The van der Waals surface area contributed by atoms with Gasteiger partial charge in [-0.15, -0.1) is 5.10 Å². The zero-order valence-corrected chi connectivity index (χ0v) is 10.4. The highest BCUT2D eigenvalue weighted by Crippen LogP contribution is 2.19. The molecule has 0 saturated heterocycles. The van der Waals surface area contributed by atoms with Gasteiger partial charge in [-0.3, -0.25) is 15.0 Å². The summed E-state index contributed by atoms with van der Waals surface area (Å²) in [5.74, 6) is -0.135. The van der Waals surface area contributed by atoms with Gasteiger partial charge in [0, 0.05) is 11.9 Å². The molecule has 0 fully saturated rings. The van der Waals surface area contributed by atoms with Gasteiger partial charge in [0.25, 0.3) is 0 Å². The summed E-state index contributed by atoms with van der Waals surface area (Å²) in [7, 11) is 0. The van der Waals surface area contributed by atoms with E-state index in [4.69, 9.17) is 11.6 Å². The fourth-order valence-electron chi connectivity index (χ4n) is 1.45. The molecule has 0 spiro atoms. The molecule has 1 heterocycles. The van der Waals surface area contributed by atoms with Crippen molar-refractivity contribution in [2.24, 2.45) is 5.10 Å². The van der Waals surface area contributed by atoms with Crippen LogP contribution in [0.1, 0.15) is 6.92 Å². The molecule has 94 valence electrons. The normalized spacial score (nSPS) is 14.9. The van der Waals surface area contributed by atoms with Gasteiger partial charge in [0.15, 0.2) is 5.78 Å². The third-order valence-corrected chi connectivity index (χ3v) is 2.59. The van der Waals surface area contributed by atoms with Gasteiger partial charge in [-0.2, -0.15) is 0 Å². The molecule has 0 atom stereocenters. The molecule has 1 aliphatic heterocycles. The van der Waals surface area contributed by atoms with Crippen molar-refractivity contribution >= 4 is 35.3 Å². The third kappa shape index (κ3) is 2.60. The minimum absolute atomic E-state index is 0.114. The Kier molecular flexibility index (Phi) is 3.47. The molecule has 0 saturated carbocycles. The smallest absolute Gasteiger partial charge is 0.229 e. The number of carbonyl (C=O) groups is 2. The zero-order valence-electron chi connectivity index (χ0n) is 9.63. The Morgan fingerprint density at radius 1 is 1.44 bits per heavy atom. The maximum atomic E-state index is 11.3. The predicted octanol–water partition coefficient (Wildman–Crippen LogP) is 0.983. The van der Waals surface area contributed by atoms with Crippen LogP contribution in [0, 0.1) is 0 Å². The van der Waals surface area contributed by atoms with Crippen LogP contribution >= 0.6 is 11.6 Å². The van der Waals surface area contributed by atoms with Crippen LogP contribution in [-0.2, 0) is 9.59 Å². The molecule has 2 rings (SSSR count).